The number of rotatable bonds is 5. The molecule has 0 atom stereocenters. The number of benzene rings is 2. The number of nitro benzene ring substituents is 1. The molecule has 0 spiro atoms. The minimum atomic E-state index is -3.70. The van der Waals surface area contributed by atoms with Crippen molar-refractivity contribution in [3.8, 4) is 5.75 Å². The van der Waals surface area contributed by atoms with E-state index in [0.29, 0.717) is 25.2 Å². The van der Waals surface area contributed by atoms with Crippen molar-refractivity contribution >= 4 is 26.8 Å². The van der Waals surface area contributed by atoms with E-state index in [9.17, 15) is 18.5 Å². The van der Waals surface area contributed by atoms with Crippen LogP contribution in [-0.2, 0) is 9.84 Å². The van der Waals surface area contributed by atoms with E-state index in [-0.39, 0.29) is 10.6 Å². The third-order valence-electron chi connectivity index (χ3n) is 4.55. The van der Waals surface area contributed by atoms with E-state index in [1.54, 1.807) is 19.2 Å². The molecule has 1 aliphatic rings. The molecule has 0 aromatic heterocycles. The summed E-state index contributed by atoms with van der Waals surface area (Å²) >= 11 is 0. The maximum Gasteiger partial charge on any atom is 0.311 e. The summed E-state index contributed by atoms with van der Waals surface area (Å²) in [6, 6.07) is 12.2. The number of sulfone groups is 1. The fraction of sp³-hybridized carbons (Fsp3) is 0.263. The molecule has 0 bridgehead atoms. The van der Waals surface area contributed by atoms with Gasteiger partial charge in [-0.1, -0.05) is 24.3 Å². The highest BCUT2D eigenvalue weighted by Crippen LogP contribution is 2.36. The molecule has 7 nitrogen and oxygen atoms in total. The largest absolute Gasteiger partial charge is 0.497 e. The van der Waals surface area contributed by atoms with Gasteiger partial charge in [0.15, 0.2) is 9.84 Å². The number of ether oxygens (including phenoxy) is 1. The Morgan fingerprint density at radius 2 is 1.93 bits per heavy atom. The number of hydrogen-bond acceptors (Lipinski definition) is 6. The van der Waals surface area contributed by atoms with Crippen LogP contribution in [0.5, 0.6) is 5.75 Å². The van der Waals surface area contributed by atoms with E-state index >= 15 is 0 Å². The molecule has 1 aliphatic heterocycles. The van der Waals surface area contributed by atoms with Crippen molar-refractivity contribution < 1.29 is 18.1 Å². The summed E-state index contributed by atoms with van der Waals surface area (Å²) in [5.74, 6) is 0.771. The van der Waals surface area contributed by atoms with Gasteiger partial charge in [0.2, 0.25) is 0 Å². The van der Waals surface area contributed by atoms with Gasteiger partial charge in [-0.25, -0.2) is 8.42 Å². The molecule has 0 amide bonds. The van der Waals surface area contributed by atoms with Gasteiger partial charge in [-0.15, -0.1) is 0 Å². The quantitative estimate of drug-likeness (QED) is 0.577. The third-order valence-corrected chi connectivity index (χ3v) is 5.68. The Balaban J connectivity index is 1.94. The van der Waals surface area contributed by atoms with Gasteiger partial charge in [0.05, 0.1) is 12.0 Å². The number of hydrogen-bond donors (Lipinski definition) is 0. The molecule has 0 saturated carbocycles. The van der Waals surface area contributed by atoms with E-state index in [2.05, 4.69) is 0 Å². The van der Waals surface area contributed by atoms with E-state index in [1.807, 2.05) is 35.2 Å². The Hall–Kier alpha value is -2.87. The second-order valence-electron chi connectivity index (χ2n) is 6.31. The van der Waals surface area contributed by atoms with Crippen LogP contribution in [0.15, 0.2) is 53.4 Å². The number of nitrogens with zero attached hydrogens (tertiary/aromatic N) is 2. The SMILES string of the molecule is COc1cccc(C2=CCN(c3cccc(S(C)(=O)=O)c3[N+](=O)[O-])CC2)c1. The van der Waals surface area contributed by atoms with Crippen LogP contribution in [0.25, 0.3) is 5.57 Å². The van der Waals surface area contributed by atoms with Crippen LogP contribution < -0.4 is 9.64 Å². The Kier molecular flexibility index (Phi) is 5.18. The lowest BCUT2D eigenvalue weighted by Gasteiger charge is -2.28. The molecular formula is C19H20N2O5S. The summed E-state index contributed by atoms with van der Waals surface area (Å²) in [5.41, 5.74) is 2.14. The maximum atomic E-state index is 11.9. The molecule has 142 valence electrons. The Labute approximate surface area is 157 Å². The van der Waals surface area contributed by atoms with Crippen LogP contribution in [0, 0.1) is 10.1 Å². The highest BCUT2D eigenvalue weighted by Gasteiger charge is 2.29. The molecule has 2 aromatic carbocycles. The minimum absolute atomic E-state index is 0.257. The summed E-state index contributed by atoms with van der Waals surface area (Å²) in [5, 5.41) is 11.6. The van der Waals surface area contributed by atoms with Gasteiger partial charge in [0.1, 0.15) is 16.3 Å². The maximum absolute atomic E-state index is 11.9. The molecule has 0 fully saturated rings. The molecule has 0 radical (unpaired) electrons. The fourth-order valence-electron chi connectivity index (χ4n) is 3.22. The van der Waals surface area contributed by atoms with Crippen LogP contribution in [0.2, 0.25) is 0 Å². The summed E-state index contributed by atoms with van der Waals surface area (Å²) in [7, 11) is -2.08. The molecule has 0 unspecified atom stereocenters. The topological polar surface area (TPSA) is 89.8 Å². The normalized spacial score (nSPS) is 14.6. The number of nitro groups is 1. The van der Waals surface area contributed by atoms with Crippen molar-refractivity contribution in [3.63, 3.8) is 0 Å². The van der Waals surface area contributed by atoms with Crippen LogP contribution >= 0.6 is 0 Å². The molecule has 0 N–H and O–H groups in total. The standard InChI is InChI=1S/C19H20N2O5S/c1-26-16-6-3-5-15(13-16)14-9-11-20(12-10-14)17-7-4-8-18(27(2,24)25)19(17)21(22)23/h3-9,13H,10-12H2,1-2H3. The van der Waals surface area contributed by atoms with Crippen LogP contribution in [0.1, 0.15) is 12.0 Å². The van der Waals surface area contributed by atoms with E-state index in [4.69, 9.17) is 4.74 Å². The number of anilines is 1. The van der Waals surface area contributed by atoms with Crippen molar-refractivity contribution in [2.75, 3.05) is 31.4 Å². The first-order valence-electron chi connectivity index (χ1n) is 8.37. The summed E-state index contributed by atoms with van der Waals surface area (Å²) in [6.45, 7) is 1.01. The second-order valence-corrected chi connectivity index (χ2v) is 8.29. The fourth-order valence-corrected chi connectivity index (χ4v) is 4.08. The summed E-state index contributed by atoms with van der Waals surface area (Å²) in [6.07, 6.45) is 3.68. The summed E-state index contributed by atoms with van der Waals surface area (Å²) in [4.78, 5) is 12.5. The van der Waals surface area contributed by atoms with E-state index in [1.165, 1.54) is 6.07 Å². The lowest BCUT2D eigenvalue weighted by atomic mass is 9.99. The van der Waals surface area contributed by atoms with Crippen molar-refractivity contribution in [3.05, 3.63) is 64.2 Å². The Morgan fingerprint density at radius 3 is 2.52 bits per heavy atom. The van der Waals surface area contributed by atoms with Crippen LogP contribution in [0.3, 0.4) is 0 Å². The van der Waals surface area contributed by atoms with E-state index < -0.39 is 14.8 Å². The van der Waals surface area contributed by atoms with Gasteiger partial charge in [0, 0.05) is 19.3 Å². The molecule has 27 heavy (non-hydrogen) atoms. The highest BCUT2D eigenvalue weighted by atomic mass is 32.2. The first-order valence-corrected chi connectivity index (χ1v) is 10.3. The molecule has 1 heterocycles. The van der Waals surface area contributed by atoms with Crippen molar-refractivity contribution in [1.29, 1.82) is 0 Å². The van der Waals surface area contributed by atoms with Crippen LogP contribution in [-0.4, -0.2) is 39.8 Å². The smallest absolute Gasteiger partial charge is 0.311 e. The molecule has 0 aliphatic carbocycles. The van der Waals surface area contributed by atoms with Gasteiger partial charge in [0.25, 0.3) is 0 Å². The van der Waals surface area contributed by atoms with Gasteiger partial charge in [-0.3, -0.25) is 10.1 Å². The Morgan fingerprint density at radius 1 is 1.19 bits per heavy atom. The highest BCUT2D eigenvalue weighted by molar-refractivity contribution is 7.90. The molecule has 2 aromatic rings. The minimum Gasteiger partial charge on any atom is -0.497 e. The van der Waals surface area contributed by atoms with Crippen molar-refractivity contribution in [1.82, 2.24) is 0 Å². The predicted octanol–water partition coefficient (Wildman–Crippen LogP) is 3.30. The van der Waals surface area contributed by atoms with Crippen LogP contribution in [0.4, 0.5) is 11.4 Å². The van der Waals surface area contributed by atoms with E-state index in [0.717, 1.165) is 23.1 Å². The lowest BCUT2D eigenvalue weighted by Crippen LogP contribution is -2.29. The molecule has 3 rings (SSSR count). The van der Waals surface area contributed by atoms with Crippen molar-refractivity contribution in [2.45, 2.75) is 11.3 Å². The first kappa shape index (κ1) is 18.9. The van der Waals surface area contributed by atoms with Crippen molar-refractivity contribution in [2.24, 2.45) is 0 Å². The van der Waals surface area contributed by atoms with Gasteiger partial charge in [-0.05, 0) is 41.8 Å². The number of para-hydroxylation sites is 1. The average molecular weight is 388 g/mol. The number of methoxy groups -OCH3 is 1. The van der Waals surface area contributed by atoms with Gasteiger partial charge in [-0.2, -0.15) is 0 Å². The zero-order valence-corrected chi connectivity index (χ0v) is 15.9. The van der Waals surface area contributed by atoms with Gasteiger partial charge < -0.3 is 9.64 Å². The zero-order chi connectivity index (χ0) is 19.6. The Bertz CT molecular complexity index is 1010. The third kappa shape index (κ3) is 3.95. The predicted molar refractivity (Wildman–Crippen MR) is 104 cm³/mol. The average Bonchev–Trinajstić information content (AvgIpc) is 2.67. The first-order chi connectivity index (χ1) is 12.8. The molecular weight excluding hydrogens is 368 g/mol. The van der Waals surface area contributed by atoms with Gasteiger partial charge >= 0.3 is 5.69 Å². The zero-order valence-electron chi connectivity index (χ0n) is 15.1. The molecule has 8 heteroatoms. The summed E-state index contributed by atoms with van der Waals surface area (Å²) < 4.78 is 29.1. The monoisotopic (exact) mass is 388 g/mol. The second kappa shape index (κ2) is 7.40. The molecule has 0 saturated heterocycles. The lowest BCUT2D eigenvalue weighted by molar-refractivity contribution is -0.387.